The van der Waals surface area contributed by atoms with Gasteiger partial charge in [0.15, 0.2) is 0 Å². The molecule has 0 aromatic carbocycles. The summed E-state index contributed by atoms with van der Waals surface area (Å²) in [7, 11) is 3.81. The van der Waals surface area contributed by atoms with Gasteiger partial charge >= 0.3 is 0 Å². The highest BCUT2D eigenvalue weighted by Crippen LogP contribution is 2.07. The Morgan fingerprint density at radius 1 is 1.58 bits per heavy atom. The minimum atomic E-state index is 0.555. The smallest absolute Gasteiger partial charge is 0.0749 e. The van der Waals surface area contributed by atoms with Crippen molar-refractivity contribution >= 4 is 5.71 Å². The maximum absolute atomic E-state index is 7.58. The second kappa shape index (κ2) is 4.23. The van der Waals surface area contributed by atoms with Crippen molar-refractivity contribution in [3.8, 4) is 0 Å². The van der Waals surface area contributed by atoms with Crippen molar-refractivity contribution in [3.05, 3.63) is 11.8 Å². The van der Waals surface area contributed by atoms with Crippen molar-refractivity contribution in [1.29, 1.82) is 5.41 Å². The monoisotopic (exact) mass is 169 g/mol. The molecular weight excluding hydrogens is 154 g/mol. The highest BCUT2D eigenvalue weighted by Gasteiger charge is 2.10. The van der Waals surface area contributed by atoms with Crippen LogP contribution in [0.3, 0.4) is 0 Å². The number of nitrogens with one attached hydrogen (secondary N) is 2. The van der Waals surface area contributed by atoms with Crippen LogP contribution in [0.25, 0.3) is 0 Å². The van der Waals surface area contributed by atoms with E-state index in [2.05, 4.69) is 5.43 Å². The molecule has 68 valence electrons. The zero-order valence-electron chi connectivity index (χ0n) is 7.55. The predicted octanol–water partition coefficient (Wildman–Crippen LogP) is 0.377. The molecule has 12 heavy (non-hydrogen) atoms. The molecule has 2 N–H and O–H groups in total. The zero-order chi connectivity index (χ0) is 8.97. The standard InChI is InChI=1S/C8H15N3O/c1-11(2)10-5-7-6-12-4-3-8(7)9/h5,9-10H,3-4,6H2,1-2H3/b7-5-,9-8?. The number of hydrazine groups is 1. The van der Waals surface area contributed by atoms with Crippen LogP contribution in [-0.4, -0.2) is 38.0 Å². The molecular formula is C8H15N3O. The third-order valence-electron chi connectivity index (χ3n) is 1.64. The quantitative estimate of drug-likeness (QED) is 0.587. The van der Waals surface area contributed by atoms with E-state index in [9.17, 15) is 0 Å². The van der Waals surface area contributed by atoms with Gasteiger partial charge in [-0.3, -0.25) is 0 Å². The molecule has 0 unspecified atom stereocenters. The van der Waals surface area contributed by atoms with E-state index in [4.69, 9.17) is 10.1 Å². The summed E-state index contributed by atoms with van der Waals surface area (Å²) in [5, 5.41) is 9.41. The second-order valence-corrected chi connectivity index (χ2v) is 2.97. The van der Waals surface area contributed by atoms with Gasteiger partial charge in [-0.25, -0.2) is 5.01 Å². The molecule has 1 saturated heterocycles. The average Bonchev–Trinajstić information content (AvgIpc) is 2.03. The largest absolute Gasteiger partial charge is 0.376 e. The number of ether oxygens (including phenoxy) is 1. The molecule has 1 heterocycles. The normalized spacial score (nSPS) is 21.9. The van der Waals surface area contributed by atoms with Gasteiger partial charge in [-0.2, -0.15) is 0 Å². The van der Waals surface area contributed by atoms with Crippen molar-refractivity contribution in [3.63, 3.8) is 0 Å². The van der Waals surface area contributed by atoms with E-state index >= 15 is 0 Å². The van der Waals surface area contributed by atoms with Crippen LogP contribution in [0.4, 0.5) is 0 Å². The minimum Gasteiger partial charge on any atom is -0.376 e. The van der Waals surface area contributed by atoms with Crippen molar-refractivity contribution in [2.24, 2.45) is 0 Å². The van der Waals surface area contributed by atoms with E-state index in [1.54, 1.807) is 0 Å². The summed E-state index contributed by atoms with van der Waals surface area (Å²) in [6.07, 6.45) is 2.54. The predicted molar refractivity (Wildman–Crippen MR) is 48.1 cm³/mol. The Kier molecular flexibility index (Phi) is 3.25. The van der Waals surface area contributed by atoms with Crippen molar-refractivity contribution < 1.29 is 4.74 Å². The van der Waals surface area contributed by atoms with E-state index in [0.717, 1.165) is 12.0 Å². The Morgan fingerprint density at radius 2 is 2.33 bits per heavy atom. The molecule has 4 heteroatoms. The average molecular weight is 169 g/mol. The van der Waals surface area contributed by atoms with Gasteiger partial charge < -0.3 is 15.6 Å². The first-order chi connectivity index (χ1) is 5.70. The maximum Gasteiger partial charge on any atom is 0.0749 e. The molecule has 0 spiro atoms. The molecule has 0 atom stereocenters. The van der Waals surface area contributed by atoms with Gasteiger partial charge in [0.05, 0.1) is 13.2 Å². The molecule has 0 aromatic rings. The number of rotatable bonds is 2. The molecule has 0 amide bonds. The molecule has 1 fully saturated rings. The van der Waals surface area contributed by atoms with Crippen LogP contribution in [0.15, 0.2) is 11.8 Å². The van der Waals surface area contributed by atoms with E-state index in [1.807, 2.05) is 25.3 Å². The lowest BCUT2D eigenvalue weighted by Gasteiger charge is -2.17. The first-order valence-corrected chi connectivity index (χ1v) is 3.98. The molecule has 1 aliphatic heterocycles. The van der Waals surface area contributed by atoms with Crippen LogP contribution in [0.2, 0.25) is 0 Å². The molecule has 0 aromatic heterocycles. The van der Waals surface area contributed by atoms with Crippen molar-refractivity contribution in [2.75, 3.05) is 27.3 Å². The topological polar surface area (TPSA) is 48.4 Å². The molecule has 4 nitrogen and oxygen atoms in total. The highest BCUT2D eigenvalue weighted by atomic mass is 16.5. The lowest BCUT2D eigenvalue weighted by Crippen LogP contribution is -2.28. The maximum atomic E-state index is 7.58. The van der Waals surface area contributed by atoms with E-state index < -0.39 is 0 Å². The summed E-state index contributed by atoms with van der Waals surface area (Å²) in [6, 6.07) is 0. The zero-order valence-corrected chi connectivity index (χ0v) is 7.55. The van der Waals surface area contributed by atoms with Crippen LogP contribution in [-0.2, 0) is 4.74 Å². The molecule has 0 aliphatic carbocycles. The molecule has 1 aliphatic rings. The first kappa shape index (κ1) is 9.22. The summed E-state index contributed by atoms with van der Waals surface area (Å²) < 4.78 is 5.22. The van der Waals surface area contributed by atoms with Crippen LogP contribution < -0.4 is 5.43 Å². The Hall–Kier alpha value is -0.870. The number of hydrogen-bond donors (Lipinski definition) is 2. The summed E-state index contributed by atoms with van der Waals surface area (Å²) >= 11 is 0. The molecule has 0 bridgehead atoms. The molecule has 0 radical (unpaired) electrons. The number of nitrogens with zero attached hydrogens (tertiary/aromatic N) is 1. The summed E-state index contributed by atoms with van der Waals surface area (Å²) in [5.74, 6) is 0. The van der Waals surface area contributed by atoms with Crippen molar-refractivity contribution in [1.82, 2.24) is 10.4 Å². The van der Waals surface area contributed by atoms with Crippen molar-refractivity contribution in [2.45, 2.75) is 6.42 Å². The SMILES string of the molecule is CN(C)N/C=C1/COCCC1=N. The van der Waals surface area contributed by atoms with Crippen LogP contribution in [0, 0.1) is 5.41 Å². The Balaban J connectivity index is 2.47. The van der Waals surface area contributed by atoms with E-state index in [1.165, 1.54) is 0 Å². The van der Waals surface area contributed by atoms with Crippen LogP contribution in [0.5, 0.6) is 0 Å². The second-order valence-electron chi connectivity index (χ2n) is 2.97. The van der Waals surface area contributed by atoms with Gasteiger partial charge in [-0.1, -0.05) is 0 Å². The third-order valence-corrected chi connectivity index (χ3v) is 1.64. The highest BCUT2D eigenvalue weighted by molar-refractivity contribution is 5.98. The summed E-state index contributed by atoms with van der Waals surface area (Å²) in [5.41, 5.74) is 4.61. The first-order valence-electron chi connectivity index (χ1n) is 3.98. The molecule has 1 rings (SSSR count). The Bertz CT molecular complexity index is 198. The fourth-order valence-electron chi connectivity index (χ4n) is 0.940. The van der Waals surface area contributed by atoms with E-state index in [-0.39, 0.29) is 0 Å². The van der Waals surface area contributed by atoms with Gasteiger partial charge in [0.2, 0.25) is 0 Å². The molecule has 0 saturated carbocycles. The summed E-state index contributed by atoms with van der Waals surface area (Å²) in [6.45, 7) is 1.23. The van der Waals surface area contributed by atoms with Crippen LogP contribution >= 0.6 is 0 Å². The van der Waals surface area contributed by atoms with Crippen LogP contribution in [0.1, 0.15) is 6.42 Å². The fraction of sp³-hybridized carbons (Fsp3) is 0.625. The summed E-state index contributed by atoms with van der Waals surface area (Å²) in [4.78, 5) is 0. The van der Waals surface area contributed by atoms with Gasteiger partial charge in [0.1, 0.15) is 0 Å². The van der Waals surface area contributed by atoms with Gasteiger partial charge in [-0.15, -0.1) is 0 Å². The Morgan fingerprint density at radius 3 is 2.92 bits per heavy atom. The minimum absolute atomic E-state index is 0.555. The lowest BCUT2D eigenvalue weighted by atomic mass is 10.1. The van der Waals surface area contributed by atoms with Gasteiger partial charge in [0.25, 0.3) is 0 Å². The lowest BCUT2D eigenvalue weighted by molar-refractivity contribution is 0.156. The third kappa shape index (κ3) is 2.64. The fourth-order valence-corrected chi connectivity index (χ4v) is 0.940. The Labute approximate surface area is 72.7 Å². The van der Waals surface area contributed by atoms with Gasteiger partial charge in [-0.05, 0) is 0 Å². The van der Waals surface area contributed by atoms with Gasteiger partial charge in [0, 0.05) is 38.0 Å². The van der Waals surface area contributed by atoms with E-state index in [0.29, 0.717) is 18.9 Å². The number of hydrogen-bond acceptors (Lipinski definition) is 4.